The van der Waals surface area contributed by atoms with Gasteiger partial charge in [0.1, 0.15) is 11.6 Å². The molecule has 192 valence electrons. The topological polar surface area (TPSA) is 75.3 Å². The molecule has 0 N–H and O–H groups in total. The van der Waals surface area contributed by atoms with Crippen LogP contribution in [0.3, 0.4) is 0 Å². The number of piperidine rings is 1. The van der Waals surface area contributed by atoms with Crippen molar-refractivity contribution in [3.05, 3.63) is 65.0 Å². The van der Waals surface area contributed by atoms with Gasteiger partial charge in [0.05, 0.1) is 18.1 Å². The Morgan fingerprint density at radius 1 is 0.892 bits per heavy atom. The van der Waals surface area contributed by atoms with Crippen molar-refractivity contribution in [1.29, 1.82) is 0 Å². The summed E-state index contributed by atoms with van der Waals surface area (Å²) in [7, 11) is 0. The zero-order valence-electron chi connectivity index (χ0n) is 22.2. The molecule has 1 atom stereocenters. The van der Waals surface area contributed by atoms with Gasteiger partial charge in [-0.15, -0.1) is 0 Å². The summed E-state index contributed by atoms with van der Waals surface area (Å²) in [4.78, 5) is 23.6. The second-order valence-corrected chi connectivity index (χ2v) is 10.7. The maximum Gasteiger partial charge on any atom is 0.252 e. The van der Waals surface area contributed by atoms with Gasteiger partial charge < -0.3 is 4.90 Å². The summed E-state index contributed by atoms with van der Waals surface area (Å²) in [6, 6.07) is 8.84. The molecule has 8 heteroatoms. The fourth-order valence-corrected chi connectivity index (χ4v) is 5.89. The van der Waals surface area contributed by atoms with Crippen LogP contribution >= 0.6 is 0 Å². The molecule has 37 heavy (non-hydrogen) atoms. The van der Waals surface area contributed by atoms with Crippen molar-refractivity contribution in [2.75, 3.05) is 31.1 Å². The number of fused-ring (bicyclic) bond motifs is 1. The molecular formula is C29H36N8. The van der Waals surface area contributed by atoms with E-state index in [4.69, 9.17) is 15.0 Å². The van der Waals surface area contributed by atoms with Crippen LogP contribution in [0.1, 0.15) is 54.0 Å². The van der Waals surface area contributed by atoms with Gasteiger partial charge >= 0.3 is 0 Å². The van der Waals surface area contributed by atoms with E-state index in [-0.39, 0.29) is 0 Å². The van der Waals surface area contributed by atoms with Crippen molar-refractivity contribution in [3.63, 3.8) is 0 Å². The maximum atomic E-state index is 4.79. The third-order valence-electron chi connectivity index (χ3n) is 8.00. The van der Waals surface area contributed by atoms with E-state index >= 15 is 0 Å². The van der Waals surface area contributed by atoms with Gasteiger partial charge in [-0.1, -0.05) is 30.7 Å². The quantitative estimate of drug-likeness (QED) is 0.387. The highest BCUT2D eigenvalue weighted by atomic mass is 15.3. The van der Waals surface area contributed by atoms with Crippen molar-refractivity contribution < 1.29 is 0 Å². The molecule has 1 aromatic carbocycles. The lowest BCUT2D eigenvalue weighted by Gasteiger charge is -2.26. The van der Waals surface area contributed by atoms with E-state index in [0.29, 0.717) is 11.7 Å². The third kappa shape index (κ3) is 5.07. The minimum absolute atomic E-state index is 0.551. The van der Waals surface area contributed by atoms with E-state index in [0.717, 1.165) is 66.8 Å². The van der Waals surface area contributed by atoms with Gasteiger partial charge in [-0.25, -0.2) is 14.5 Å². The Hall–Kier alpha value is -3.39. The predicted octanol–water partition coefficient (Wildman–Crippen LogP) is 4.56. The lowest BCUT2D eigenvalue weighted by atomic mass is 9.96. The van der Waals surface area contributed by atoms with Crippen molar-refractivity contribution >= 4 is 11.6 Å². The van der Waals surface area contributed by atoms with Crippen molar-refractivity contribution in [3.8, 4) is 11.3 Å². The maximum absolute atomic E-state index is 4.79. The number of hydrogen-bond donors (Lipinski definition) is 0. The zero-order chi connectivity index (χ0) is 25.4. The van der Waals surface area contributed by atoms with Crippen molar-refractivity contribution in [1.82, 2.24) is 34.4 Å². The van der Waals surface area contributed by atoms with Gasteiger partial charge in [0, 0.05) is 36.6 Å². The van der Waals surface area contributed by atoms with E-state index in [1.54, 1.807) is 0 Å². The van der Waals surface area contributed by atoms with Crippen molar-refractivity contribution in [2.45, 2.75) is 59.4 Å². The largest absolute Gasteiger partial charge is 0.355 e. The van der Waals surface area contributed by atoms with Crippen LogP contribution in [0, 0.1) is 26.7 Å². The molecule has 2 aliphatic heterocycles. The van der Waals surface area contributed by atoms with Gasteiger partial charge in [0.25, 0.3) is 5.78 Å². The molecule has 0 aliphatic carbocycles. The number of rotatable bonds is 6. The highest BCUT2D eigenvalue weighted by Crippen LogP contribution is 2.28. The molecule has 6 rings (SSSR count). The summed E-state index contributed by atoms with van der Waals surface area (Å²) in [6.45, 7) is 11.6. The lowest BCUT2D eigenvalue weighted by Crippen LogP contribution is -2.28. The summed E-state index contributed by atoms with van der Waals surface area (Å²) in [6.07, 6.45) is 10.0. The Morgan fingerprint density at radius 2 is 1.70 bits per heavy atom. The SMILES string of the molecule is Cc1nc2nc(C)c(C[C@@H]3CCN(c4cnc(-c5ccc(CN6CCCCC6)cc5)cn4)C3)c(C)n2n1. The highest BCUT2D eigenvalue weighted by Gasteiger charge is 2.26. The molecule has 5 heterocycles. The summed E-state index contributed by atoms with van der Waals surface area (Å²) in [5.74, 6) is 2.96. The van der Waals surface area contributed by atoms with Crippen LogP contribution in [0.25, 0.3) is 17.0 Å². The fraction of sp³-hybridized carbons (Fsp3) is 0.483. The van der Waals surface area contributed by atoms with E-state index in [1.165, 1.54) is 43.5 Å². The monoisotopic (exact) mass is 496 g/mol. The minimum atomic E-state index is 0.551. The molecule has 2 fully saturated rings. The number of hydrogen-bond acceptors (Lipinski definition) is 7. The molecule has 0 radical (unpaired) electrons. The number of benzene rings is 1. The smallest absolute Gasteiger partial charge is 0.252 e. The molecule has 0 bridgehead atoms. The Kier molecular flexibility index (Phi) is 6.59. The molecule has 2 saturated heterocycles. The van der Waals surface area contributed by atoms with E-state index in [2.05, 4.69) is 58.0 Å². The van der Waals surface area contributed by atoms with E-state index in [9.17, 15) is 0 Å². The van der Waals surface area contributed by atoms with E-state index < -0.39 is 0 Å². The summed E-state index contributed by atoms with van der Waals surface area (Å²) >= 11 is 0. The first-order valence-electron chi connectivity index (χ1n) is 13.6. The van der Waals surface area contributed by atoms with Gasteiger partial charge in [0.2, 0.25) is 0 Å². The lowest BCUT2D eigenvalue weighted by molar-refractivity contribution is 0.221. The molecule has 2 aliphatic rings. The van der Waals surface area contributed by atoms with Crippen LogP contribution in [0.2, 0.25) is 0 Å². The average molecular weight is 497 g/mol. The molecule has 0 amide bonds. The number of aromatic nitrogens is 6. The van der Waals surface area contributed by atoms with Crippen LogP contribution in [-0.4, -0.2) is 60.6 Å². The zero-order valence-corrected chi connectivity index (χ0v) is 22.2. The van der Waals surface area contributed by atoms with Gasteiger partial charge in [-0.05, 0) is 76.6 Å². The third-order valence-corrected chi connectivity index (χ3v) is 8.00. The van der Waals surface area contributed by atoms with Crippen molar-refractivity contribution in [2.24, 2.45) is 5.92 Å². The number of anilines is 1. The average Bonchev–Trinajstić information content (AvgIpc) is 3.54. The molecule has 4 aromatic rings. The van der Waals surface area contributed by atoms with Gasteiger partial charge in [0.15, 0.2) is 0 Å². The van der Waals surface area contributed by atoms with Gasteiger partial charge in [-0.2, -0.15) is 10.1 Å². The molecule has 0 spiro atoms. The molecule has 0 saturated carbocycles. The standard InChI is InChI=1S/C29H36N8/c1-20-26(21(2)37-29(32-20)33-22(3)34-37)15-24-11-14-36(19-24)28-17-30-27(16-31-28)25-9-7-23(8-10-25)18-35-12-5-4-6-13-35/h7-10,16-17,24H,4-6,11-15,18-19H2,1-3H3/t24-/m0/s1. The second-order valence-electron chi connectivity index (χ2n) is 10.7. The first-order valence-corrected chi connectivity index (χ1v) is 13.6. The summed E-state index contributed by atoms with van der Waals surface area (Å²) in [5.41, 5.74) is 6.91. The van der Waals surface area contributed by atoms with Crippen LogP contribution < -0.4 is 4.90 Å². The van der Waals surface area contributed by atoms with Gasteiger partial charge in [-0.3, -0.25) is 9.88 Å². The number of likely N-dealkylation sites (tertiary alicyclic amines) is 1. The van der Waals surface area contributed by atoms with E-state index in [1.807, 2.05) is 23.8 Å². The summed E-state index contributed by atoms with van der Waals surface area (Å²) < 4.78 is 1.88. The Labute approximate surface area is 218 Å². The van der Waals surface area contributed by atoms with Crippen LogP contribution in [0.5, 0.6) is 0 Å². The van der Waals surface area contributed by atoms with Crippen LogP contribution in [0.4, 0.5) is 5.82 Å². The molecule has 3 aromatic heterocycles. The summed E-state index contributed by atoms with van der Waals surface area (Å²) in [5, 5.41) is 4.53. The number of aryl methyl sites for hydroxylation is 3. The number of nitrogens with zero attached hydrogens (tertiary/aromatic N) is 8. The Bertz CT molecular complexity index is 1370. The minimum Gasteiger partial charge on any atom is -0.355 e. The molecular weight excluding hydrogens is 460 g/mol. The molecule has 8 nitrogen and oxygen atoms in total. The second kappa shape index (κ2) is 10.2. The fourth-order valence-electron chi connectivity index (χ4n) is 5.89. The highest BCUT2D eigenvalue weighted by molar-refractivity contribution is 5.59. The first kappa shape index (κ1) is 24.0. The normalized spacial score (nSPS) is 18.7. The Morgan fingerprint density at radius 3 is 2.46 bits per heavy atom. The first-order chi connectivity index (χ1) is 18.0. The molecule has 0 unspecified atom stereocenters. The Balaban J connectivity index is 1.09. The predicted molar refractivity (Wildman–Crippen MR) is 146 cm³/mol. The van der Waals surface area contributed by atoms with Crippen LogP contribution in [-0.2, 0) is 13.0 Å². The van der Waals surface area contributed by atoms with Crippen LogP contribution in [0.15, 0.2) is 36.7 Å².